The van der Waals surface area contributed by atoms with Gasteiger partial charge in [0.1, 0.15) is 0 Å². The third kappa shape index (κ3) is 75.4. The predicted octanol–water partition coefficient (Wildman–Crippen LogP) is -6.34. The maximum Gasteiger partial charge on any atom is 2.00 e. The molecule has 0 aliphatic rings. The summed E-state index contributed by atoms with van der Waals surface area (Å²) in [5.41, 5.74) is 0. The molecule has 0 saturated carbocycles. The van der Waals surface area contributed by atoms with Crippen LogP contribution in [0.4, 0.5) is 0 Å². The molecule has 0 saturated heterocycles. The van der Waals surface area contributed by atoms with Gasteiger partial charge in [-0.15, -0.1) is 0 Å². The fourth-order valence-electron chi connectivity index (χ4n) is 0. The molecule has 7 heteroatoms. The Morgan fingerprint density at radius 3 is 0.714 bits per heavy atom. The Bertz CT molecular complexity index is 20.5. The van der Waals surface area contributed by atoms with Gasteiger partial charge < -0.3 is 26.2 Å². The van der Waals surface area contributed by atoms with E-state index in [1.807, 2.05) is 0 Å². The SMILES string of the molecule is O.O.O.O.[H-].[H-].[H-].[Li+].[Mg+2].[Ti]. The molecule has 0 aromatic rings. The molecule has 0 bridgehead atoms. The van der Waals surface area contributed by atoms with Crippen LogP contribution in [-0.2, 0) is 21.7 Å². The van der Waals surface area contributed by atoms with Crippen LogP contribution in [0.3, 0.4) is 0 Å². The third-order valence-corrected chi connectivity index (χ3v) is 0. The summed E-state index contributed by atoms with van der Waals surface area (Å²) in [4.78, 5) is 0. The van der Waals surface area contributed by atoms with Gasteiger partial charge in [-0.3, -0.25) is 0 Å². The predicted molar refractivity (Wildman–Crippen MR) is 23.5 cm³/mol. The van der Waals surface area contributed by atoms with Crippen LogP contribution in [0.25, 0.3) is 0 Å². The van der Waals surface area contributed by atoms with Crippen LogP contribution >= 0.6 is 0 Å². The minimum absolute atomic E-state index is 0. The van der Waals surface area contributed by atoms with Crippen molar-refractivity contribution in [2.45, 2.75) is 0 Å². The maximum absolute atomic E-state index is 0. The van der Waals surface area contributed by atoms with Crippen molar-refractivity contribution in [1.29, 1.82) is 0 Å². The molecule has 0 spiro atoms. The summed E-state index contributed by atoms with van der Waals surface area (Å²) in [6.07, 6.45) is 0. The van der Waals surface area contributed by atoms with E-state index in [2.05, 4.69) is 0 Å². The molecule has 0 aliphatic heterocycles. The Morgan fingerprint density at radius 1 is 0.714 bits per heavy atom. The van der Waals surface area contributed by atoms with E-state index >= 15 is 0 Å². The molecule has 8 N–H and O–H groups in total. The zero-order chi connectivity index (χ0) is 0. The molecule has 42 valence electrons. The molecule has 0 aromatic heterocycles. The molecular formula is H11LiMgO4Ti. The molecule has 0 amide bonds. The number of rotatable bonds is 0. The summed E-state index contributed by atoms with van der Waals surface area (Å²) in [5, 5.41) is 0. The summed E-state index contributed by atoms with van der Waals surface area (Å²) >= 11 is 0. The van der Waals surface area contributed by atoms with Gasteiger partial charge in [0.05, 0.1) is 0 Å². The van der Waals surface area contributed by atoms with E-state index < -0.39 is 0 Å². The first-order valence-electron chi connectivity index (χ1n) is 0. The normalized spacial score (nSPS) is 0. The minimum Gasteiger partial charge on any atom is -1.00 e. The van der Waals surface area contributed by atoms with E-state index in [0.717, 1.165) is 0 Å². The molecule has 0 unspecified atom stereocenters. The zero-order valence-electron chi connectivity index (χ0n) is 7.21. The van der Waals surface area contributed by atoms with Crippen molar-refractivity contribution >= 4 is 23.1 Å². The molecule has 0 radical (unpaired) electrons. The smallest absolute Gasteiger partial charge is 1.00 e. The zero-order valence-corrected chi connectivity index (χ0v) is 7.18. The Labute approximate surface area is 89.3 Å². The van der Waals surface area contributed by atoms with Crippen molar-refractivity contribution in [3.8, 4) is 0 Å². The number of hydrogen-bond donors (Lipinski definition) is 0. The molecule has 0 atom stereocenters. The fourth-order valence-corrected chi connectivity index (χ4v) is 0. The van der Waals surface area contributed by atoms with Gasteiger partial charge in [0.25, 0.3) is 0 Å². The molecule has 0 aromatic carbocycles. The van der Waals surface area contributed by atoms with Crippen molar-refractivity contribution in [2.24, 2.45) is 0 Å². The standard InChI is InChI=1S/Li.Mg.4H2O.Ti.3H/h;;4*1H2;;;;/q+1;+2;;;;;;3*-1. The Morgan fingerprint density at radius 2 is 0.714 bits per heavy atom. The molecular weight excluding hydrogens is 143 g/mol. The van der Waals surface area contributed by atoms with Crippen LogP contribution in [-0.4, -0.2) is 45.0 Å². The fraction of sp³-hybridized carbons (Fsp3) is 0. The van der Waals surface area contributed by atoms with Crippen molar-refractivity contribution in [2.75, 3.05) is 0 Å². The monoisotopic (exact) mass is 154 g/mol. The summed E-state index contributed by atoms with van der Waals surface area (Å²) < 4.78 is 0. The van der Waals surface area contributed by atoms with Gasteiger partial charge in [-0.05, 0) is 0 Å². The summed E-state index contributed by atoms with van der Waals surface area (Å²) in [7, 11) is 0. The van der Waals surface area contributed by atoms with Crippen molar-refractivity contribution in [3.05, 3.63) is 0 Å². The van der Waals surface area contributed by atoms with Crippen LogP contribution in [0, 0.1) is 0 Å². The van der Waals surface area contributed by atoms with Crippen LogP contribution in [0.1, 0.15) is 4.28 Å². The molecule has 0 aliphatic carbocycles. The molecule has 0 fully saturated rings. The average molecular weight is 154 g/mol. The summed E-state index contributed by atoms with van der Waals surface area (Å²) in [5.74, 6) is 0. The number of hydrogen-bond acceptors (Lipinski definition) is 0. The average Bonchev–Trinajstić information content (AvgIpc) is 0. The van der Waals surface area contributed by atoms with Gasteiger partial charge in [0.15, 0.2) is 0 Å². The van der Waals surface area contributed by atoms with Gasteiger partial charge in [0, 0.05) is 21.7 Å². The Kier molecular flexibility index (Phi) is 2240. The van der Waals surface area contributed by atoms with Crippen molar-refractivity contribution in [3.63, 3.8) is 0 Å². The van der Waals surface area contributed by atoms with Gasteiger partial charge in [-0.25, -0.2) is 0 Å². The third-order valence-electron chi connectivity index (χ3n) is 0. The summed E-state index contributed by atoms with van der Waals surface area (Å²) in [6.45, 7) is 0. The molecule has 0 rings (SSSR count). The second-order valence-electron chi connectivity index (χ2n) is 0. The van der Waals surface area contributed by atoms with E-state index in [1.165, 1.54) is 0 Å². The van der Waals surface area contributed by atoms with Crippen LogP contribution in [0.5, 0.6) is 0 Å². The van der Waals surface area contributed by atoms with Crippen molar-refractivity contribution in [1.82, 2.24) is 0 Å². The maximum atomic E-state index is 0. The van der Waals surface area contributed by atoms with Gasteiger partial charge in [-0.1, -0.05) is 0 Å². The minimum atomic E-state index is 0. The Balaban J connectivity index is 0. The van der Waals surface area contributed by atoms with E-state index in [0.29, 0.717) is 0 Å². The first-order chi connectivity index (χ1) is 0. The second kappa shape index (κ2) is 103. The van der Waals surface area contributed by atoms with E-state index in [9.17, 15) is 0 Å². The van der Waals surface area contributed by atoms with Gasteiger partial charge >= 0.3 is 41.9 Å². The van der Waals surface area contributed by atoms with Crippen molar-refractivity contribution < 1.29 is 66.8 Å². The van der Waals surface area contributed by atoms with Gasteiger partial charge in [-0.2, -0.15) is 0 Å². The molecule has 0 heterocycles. The first kappa shape index (κ1) is 152. The molecule has 7 heavy (non-hydrogen) atoms. The largest absolute Gasteiger partial charge is 2.00 e. The Hall–Kier alpha value is 1.92. The summed E-state index contributed by atoms with van der Waals surface area (Å²) in [6, 6.07) is 0. The quantitative estimate of drug-likeness (QED) is 0.308. The van der Waals surface area contributed by atoms with E-state index in [1.54, 1.807) is 0 Å². The topological polar surface area (TPSA) is 126 Å². The van der Waals surface area contributed by atoms with Crippen LogP contribution < -0.4 is 18.9 Å². The van der Waals surface area contributed by atoms with Crippen LogP contribution in [0.15, 0.2) is 0 Å². The second-order valence-corrected chi connectivity index (χ2v) is 0. The van der Waals surface area contributed by atoms with E-state index in [4.69, 9.17) is 0 Å². The van der Waals surface area contributed by atoms with Crippen LogP contribution in [0.2, 0.25) is 0 Å². The van der Waals surface area contributed by atoms with Gasteiger partial charge in [0.2, 0.25) is 0 Å². The molecule has 4 nitrogen and oxygen atoms in total. The first-order valence-corrected chi connectivity index (χ1v) is 0. The van der Waals surface area contributed by atoms with E-state index in [-0.39, 0.29) is 89.8 Å².